The van der Waals surface area contributed by atoms with E-state index >= 15 is 0 Å². The molecule has 1 heterocycles. The van der Waals surface area contributed by atoms with E-state index in [1.807, 2.05) is 0 Å². The quantitative estimate of drug-likeness (QED) is 0.510. The van der Waals surface area contributed by atoms with Crippen LogP contribution in [-0.2, 0) is 0 Å². The molecular weight excluding hydrogens is 186 g/mol. The van der Waals surface area contributed by atoms with Gasteiger partial charge in [-0.2, -0.15) is 0 Å². The summed E-state index contributed by atoms with van der Waals surface area (Å²) in [6.07, 6.45) is 9.13. The molecule has 0 radical (unpaired) electrons. The lowest BCUT2D eigenvalue weighted by molar-refractivity contribution is -0.932. The third kappa shape index (κ3) is 4.52. The van der Waals surface area contributed by atoms with E-state index in [1.165, 1.54) is 69.2 Å². The highest BCUT2D eigenvalue weighted by Crippen LogP contribution is 2.20. The number of hydrogen-bond donors (Lipinski definition) is 1. The van der Waals surface area contributed by atoms with Crippen LogP contribution in [0.4, 0.5) is 0 Å². The Kier molecular flexibility index (Phi) is 6.26. The number of aliphatic hydroxyl groups is 1. The Morgan fingerprint density at radius 2 is 1.67 bits per heavy atom. The van der Waals surface area contributed by atoms with Crippen LogP contribution in [0.3, 0.4) is 0 Å². The summed E-state index contributed by atoms with van der Waals surface area (Å²) in [5.74, 6) is 0. The molecule has 90 valence electrons. The van der Waals surface area contributed by atoms with Crippen molar-refractivity contribution in [2.75, 3.05) is 32.8 Å². The first kappa shape index (κ1) is 13.0. The van der Waals surface area contributed by atoms with Crippen molar-refractivity contribution in [2.45, 2.75) is 51.9 Å². The maximum absolute atomic E-state index is 8.77. The Bertz CT molecular complexity index is 147. The van der Waals surface area contributed by atoms with Gasteiger partial charge in [0.2, 0.25) is 0 Å². The highest BCUT2D eigenvalue weighted by molar-refractivity contribution is 4.55. The molecule has 1 aliphatic heterocycles. The van der Waals surface area contributed by atoms with Crippen molar-refractivity contribution >= 4 is 0 Å². The summed E-state index contributed by atoms with van der Waals surface area (Å²) in [7, 11) is 0. The van der Waals surface area contributed by atoms with Crippen LogP contribution in [0.1, 0.15) is 51.9 Å². The minimum atomic E-state index is 0.369. The van der Waals surface area contributed by atoms with E-state index < -0.39 is 0 Å². The molecule has 0 atom stereocenters. The van der Waals surface area contributed by atoms with Crippen LogP contribution in [-0.4, -0.2) is 42.4 Å². The maximum atomic E-state index is 8.77. The lowest BCUT2D eigenvalue weighted by Gasteiger charge is -2.41. The monoisotopic (exact) mass is 214 g/mol. The van der Waals surface area contributed by atoms with Gasteiger partial charge in [-0.1, -0.05) is 6.92 Å². The topological polar surface area (TPSA) is 20.2 Å². The van der Waals surface area contributed by atoms with Crippen LogP contribution < -0.4 is 0 Å². The van der Waals surface area contributed by atoms with Gasteiger partial charge in [0.1, 0.15) is 0 Å². The zero-order valence-corrected chi connectivity index (χ0v) is 10.4. The van der Waals surface area contributed by atoms with E-state index in [9.17, 15) is 0 Å². The predicted octanol–water partition coefficient (Wildman–Crippen LogP) is 2.56. The van der Waals surface area contributed by atoms with E-state index in [0.29, 0.717) is 6.61 Å². The Hall–Kier alpha value is -0.0800. The van der Waals surface area contributed by atoms with Gasteiger partial charge < -0.3 is 9.59 Å². The summed E-state index contributed by atoms with van der Waals surface area (Å²) in [5, 5.41) is 8.77. The van der Waals surface area contributed by atoms with Gasteiger partial charge in [-0.15, -0.1) is 0 Å². The summed E-state index contributed by atoms with van der Waals surface area (Å²) in [5.41, 5.74) is 0. The van der Waals surface area contributed by atoms with Crippen molar-refractivity contribution in [3.05, 3.63) is 0 Å². The molecule has 1 rings (SSSR count). The normalized spacial score (nSPS) is 20.4. The minimum absolute atomic E-state index is 0.369. The molecule has 0 amide bonds. The van der Waals surface area contributed by atoms with Gasteiger partial charge in [-0.05, 0) is 44.9 Å². The fourth-order valence-corrected chi connectivity index (χ4v) is 2.95. The summed E-state index contributed by atoms with van der Waals surface area (Å²) in [6.45, 7) is 8.23. The summed E-state index contributed by atoms with van der Waals surface area (Å²) in [4.78, 5) is 0. The molecule has 0 aromatic rings. The molecule has 0 aromatic heterocycles. The van der Waals surface area contributed by atoms with Crippen LogP contribution >= 0.6 is 0 Å². The van der Waals surface area contributed by atoms with E-state index in [1.54, 1.807) is 0 Å². The van der Waals surface area contributed by atoms with E-state index in [2.05, 4.69) is 6.92 Å². The van der Waals surface area contributed by atoms with Gasteiger partial charge in [0.05, 0.1) is 26.2 Å². The average molecular weight is 214 g/mol. The summed E-state index contributed by atoms with van der Waals surface area (Å²) >= 11 is 0. The highest BCUT2D eigenvalue weighted by Gasteiger charge is 2.27. The number of rotatable bonds is 7. The van der Waals surface area contributed by atoms with Crippen LogP contribution in [0.25, 0.3) is 0 Å². The summed E-state index contributed by atoms with van der Waals surface area (Å²) in [6, 6.07) is 0. The van der Waals surface area contributed by atoms with Gasteiger partial charge in [0.25, 0.3) is 0 Å². The number of quaternary nitrogens is 1. The first-order chi connectivity index (χ1) is 7.33. The molecule has 1 N–H and O–H groups in total. The molecule has 0 aliphatic carbocycles. The highest BCUT2D eigenvalue weighted by atomic mass is 16.2. The molecule has 2 heteroatoms. The smallest absolute Gasteiger partial charge is 0.0786 e. The Balaban J connectivity index is 2.28. The number of nitrogens with zero attached hydrogens (tertiary/aromatic N) is 1. The van der Waals surface area contributed by atoms with Crippen LogP contribution in [0.5, 0.6) is 0 Å². The van der Waals surface area contributed by atoms with E-state index in [-0.39, 0.29) is 0 Å². The average Bonchev–Trinajstić information content (AvgIpc) is 2.26. The second kappa shape index (κ2) is 7.24. The molecule has 0 spiro atoms. The molecule has 0 saturated carbocycles. The van der Waals surface area contributed by atoms with Crippen molar-refractivity contribution in [1.29, 1.82) is 0 Å². The zero-order chi connectivity index (χ0) is 11.0. The maximum Gasteiger partial charge on any atom is 0.0786 e. The molecule has 1 aliphatic rings. The largest absolute Gasteiger partial charge is 0.396 e. The first-order valence-corrected chi connectivity index (χ1v) is 6.79. The minimum Gasteiger partial charge on any atom is -0.396 e. The molecule has 2 nitrogen and oxygen atoms in total. The standard InChI is InChI=1S/C13H28NO/c1-2-9-14(10-5-3-6-11-14)12-7-4-8-13-15/h15H,2-13H2,1H3/q+1. The van der Waals surface area contributed by atoms with Crippen molar-refractivity contribution in [3.63, 3.8) is 0 Å². The SMILES string of the molecule is CCC[N+]1(CCCCCO)CCCCC1. The Morgan fingerprint density at radius 1 is 0.933 bits per heavy atom. The first-order valence-electron chi connectivity index (χ1n) is 6.79. The fraction of sp³-hybridized carbons (Fsp3) is 1.00. The Labute approximate surface area is 94.9 Å². The third-order valence-electron chi connectivity index (χ3n) is 3.75. The van der Waals surface area contributed by atoms with Crippen molar-refractivity contribution in [2.24, 2.45) is 0 Å². The van der Waals surface area contributed by atoms with Crippen molar-refractivity contribution in [3.8, 4) is 0 Å². The molecule has 1 saturated heterocycles. The van der Waals surface area contributed by atoms with Gasteiger partial charge in [0.15, 0.2) is 0 Å². The van der Waals surface area contributed by atoms with Gasteiger partial charge in [-0.3, -0.25) is 0 Å². The van der Waals surface area contributed by atoms with Gasteiger partial charge in [-0.25, -0.2) is 0 Å². The predicted molar refractivity (Wildman–Crippen MR) is 64.8 cm³/mol. The molecular formula is C13H28NO+. The number of piperidine rings is 1. The van der Waals surface area contributed by atoms with Crippen LogP contribution in [0.2, 0.25) is 0 Å². The fourth-order valence-electron chi connectivity index (χ4n) is 2.95. The second-order valence-corrected chi connectivity index (χ2v) is 5.08. The number of unbranched alkanes of at least 4 members (excludes halogenated alkanes) is 2. The summed E-state index contributed by atoms with van der Waals surface area (Å²) < 4.78 is 1.38. The molecule has 1 fully saturated rings. The molecule has 0 unspecified atom stereocenters. The third-order valence-corrected chi connectivity index (χ3v) is 3.75. The van der Waals surface area contributed by atoms with E-state index in [4.69, 9.17) is 5.11 Å². The number of likely N-dealkylation sites (tertiary alicyclic amines) is 1. The molecule has 0 bridgehead atoms. The lowest BCUT2D eigenvalue weighted by Crippen LogP contribution is -2.52. The van der Waals surface area contributed by atoms with Gasteiger partial charge >= 0.3 is 0 Å². The zero-order valence-electron chi connectivity index (χ0n) is 10.4. The molecule has 0 aromatic carbocycles. The number of hydrogen-bond acceptors (Lipinski definition) is 1. The second-order valence-electron chi connectivity index (χ2n) is 5.08. The van der Waals surface area contributed by atoms with Gasteiger partial charge in [0, 0.05) is 6.61 Å². The van der Waals surface area contributed by atoms with E-state index in [0.717, 1.165) is 6.42 Å². The Morgan fingerprint density at radius 3 is 2.27 bits per heavy atom. The van der Waals surface area contributed by atoms with Crippen LogP contribution in [0, 0.1) is 0 Å². The van der Waals surface area contributed by atoms with Crippen molar-refractivity contribution < 1.29 is 9.59 Å². The van der Waals surface area contributed by atoms with Crippen LogP contribution in [0.15, 0.2) is 0 Å². The number of aliphatic hydroxyl groups excluding tert-OH is 1. The lowest BCUT2D eigenvalue weighted by atomic mass is 10.1. The molecule has 15 heavy (non-hydrogen) atoms. The van der Waals surface area contributed by atoms with Crippen molar-refractivity contribution in [1.82, 2.24) is 0 Å².